The van der Waals surface area contributed by atoms with Crippen molar-refractivity contribution >= 4 is 15.9 Å². The first-order valence-corrected chi connectivity index (χ1v) is 6.82. The van der Waals surface area contributed by atoms with Crippen molar-refractivity contribution in [3.05, 3.63) is 50.3 Å². The van der Waals surface area contributed by atoms with Crippen LogP contribution in [0.15, 0.2) is 33.5 Å². The monoisotopic (exact) mass is 322 g/mol. The molecule has 0 spiro atoms. The van der Waals surface area contributed by atoms with Crippen molar-refractivity contribution in [1.82, 2.24) is 9.97 Å². The minimum absolute atomic E-state index is 0.192. The Morgan fingerprint density at radius 1 is 1.37 bits per heavy atom. The van der Waals surface area contributed by atoms with Crippen molar-refractivity contribution in [2.24, 2.45) is 0 Å². The molecule has 2 rings (SSSR count). The van der Waals surface area contributed by atoms with Crippen molar-refractivity contribution in [2.75, 3.05) is 7.11 Å². The number of H-pyrrole nitrogens is 1. The predicted molar refractivity (Wildman–Crippen MR) is 78.1 cm³/mol. The lowest BCUT2D eigenvalue weighted by Crippen LogP contribution is -2.14. The number of benzene rings is 1. The minimum Gasteiger partial charge on any atom is -0.378 e. The molecule has 0 amide bonds. The topological polar surface area (TPSA) is 55.0 Å². The number of methoxy groups -OCH3 is 1. The summed E-state index contributed by atoms with van der Waals surface area (Å²) in [6.45, 7) is 2.37. The number of halogens is 1. The third-order valence-corrected chi connectivity index (χ3v) is 3.68. The van der Waals surface area contributed by atoms with Gasteiger partial charge in [-0.3, -0.25) is 4.79 Å². The van der Waals surface area contributed by atoms with E-state index in [1.165, 1.54) is 0 Å². The highest BCUT2D eigenvalue weighted by Gasteiger charge is 2.12. The molecule has 0 fully saturated rings. The molecule has 100 valence electrons. The van der Waals surface area contributed by atoms with E-state index in [2.05, 4.69) is 32.8 Å². The summed E-state index contributed by atoms with van der Waals surface area (Å²) in [5.41, 5.74) is 2.51. The van der Waals surface area contributed by atoms with Gasteiger partial charge in [0.15, 0.2) is 0 Å². The molecule has 4 nitrogen and oxygen atoms in total. The third-order valence-electron chi connectivity index (χ3n) is 2.87. The molecule has 5 heteroatoms. The van der Waals surface area contributed by atoms with Crippen LogP contribution in [0.25, 0.3) is 11.4 Å². The number of hydrogen-bond donors (Lipinski definition) is 1. The fourth-order valence-corrected chi connectivity index (χ4v) is 2.23. The van der Waals surface area contributed by atoms with Crippen LogP contribution in [0.5, 0.6) is 0 Å². The van der Waals surface area contributed by atoms with E-state index in [1.54, 1.807) is 7.11 Å². The highest BCUT2D eigenvalue weighted by Crippen LogP contribution is 2.21. The highest BCUT2D eigenvalue weighted by atomic mass is 79.9. The number of nitrogens with one attached hydrogen (secondary N) is 1. The Bertz CT molecular complexity index is 638. The number of aryl methyl sites for hydroxylation is 1. The van der Waals surface area contributed by atoms with Gasteiger partial charge in [0.2, 0.25) is 0 Å². The average molecular weight is 323 g/mol. The molecule has 19 heavy (non-hydrogen) atoms. The average Bonchev–Trinajstić information content (AvgIpc) is 2.43. The molecule has 0 bridgehead atoms. The molecule has 0 atom stereocenters. The maximum Gasteiger partial charge on any atom is 0.265 e. The Morgan fingerprint density at radius 2 is 2.11 bits per heavy atom. The van der Waals surface area contributed by atoms with E-state index in [0.29, 0.717) is 22.6 Å². The molecule has 1 heterocycles. The second-order valence-electron chi connectivity index (χ2n) is 4.12. The SMILES string of the molecule is CCc1ccccc1-c1nc(COC)c(Br)c(=O)[nH]1. The van der Waals surface area contributed by atoms with Crippen LogP contribution in [0.4, 0.5) is 0 Å². The number of rotatable bonds is 4. The lowest BCUT2D eigenvalue weighted by molar-refractivity contribution is 0.180. The van der Waals surface area contributed by atoms with E-state index >= 15 is 0 Å². The molecule has 1 aromatic carbocycles. The Hall–Kier alpha value is -1.46. The Labute approximate surface area is 120 Å². The van der Waals surface area contributed by atoms with Crippen LogP contribution in [0, 0.1) is 0 Å². The van der Waals surface area contributed by atoms with Gasteiger partial charge in [-0.1, -0.05) is 31.2 Å². The maximum atomic E-state index is 11.9. The first kappa shape index (κ1) is 14.0. The quantitative estimate of drug-likeness (QED) is 0.941. The van der Waals surface area contributed by atoms with Gasteiger partial charge >= 0.3 is 0 Å². The summed E-state index contributed by atoms with van der Waals surface area (Å²) in [5.74, 6) is 0.581. The van der Waals surface area contributed by atoms with Gasteiger partial charge in [0.25, 0.3) is 5.56 Å². The van der Waals surface area contributed by atoms with Crippen LogP contribution in [0.3, 0.4) is 0 Å². The second-order valence-corrected chi connectivity index (χ2v) is 4.91. The van der Waals surface area contributed by atoms with Gasteiger partial charge in [0, 0.05) is 12.7 Å². The van der Waals surface area contributed by atoms with Gasteiger partial charge in [0.05, 0.1) is 12.3 Å². The van der Waals surface area contributed by atoms with Crippen LogP contribution in [-0.2, 0) is 17.8 Å². The van der Waals surface area contributed by atoms with Crippen molar-refractivity contribution in [2.45, 2.75) is 20.0 Å². The molecule has 0 aliphatic heterocycles. The van der Waals surface area contributed by atoms with Crippen molar-refractivity contribution in [3.63, 3.8) is 0 Å². The van der Waals surface area contributed by atoms with Crippen LogP contribution in [0.1, 0.15) is 18.2 Å². The van der Waals surface area contributed by atoms with Crippen molar-refractivity contribution in [1.29, 1.82) is 0 Å². The smallest absolute Gasteiger partial charge is 0.265 e. The van der Waals surface area contributed by atoms with E-state index in [0.717, 1.165) is 17.5 Å². The molecule has 0 aliphatic carbocycles. The summed E-state index contributed by atoms with van der Waals surface area (Å²) < 4.78 is 5.49. The first-order chi connectivity index (χ1) is 9.17. The van der Waals surface area contributed by atoms with Crippen LogP contribution in [-0.4, -0.2) is 17.1 Å². The predicted octanol–water partition coefficient (Wildman–Crippen LogP) is 2.91. The van der Waals surface area contributed by atoms with Gasteiger partial charge in [-0.15, -0.1) is 0 Å². The summed E-state index contributed by atoms with van der Waals surface area (Å²) in [5, 5.41) is 0. The van der Waals surface area contributed by atoms with E-state index in [4.69, 9.17) is 4.74 Å². The summed E-state index contributed by atoms with van der Waals surface area (Å²) in [4.78, 5) is 19.2. The van der Waals surface area contributed by atoms with Gasteiger partial charge < -0.3 is 9.72 Å². The Morgan fingerprint density at radius 3 is 2.79 bits per heavy atom. The number of nitrogens with zero attached hydrogens (tertiary/aromatic N) is 1. The zero-order valence-electron chi connectivity index (χ0n) is 10.9. The molecule has 2 aromatic rings. The first-order valence-electron chi connectivity index (χ1n) is 6.03. The normalized spacial score (nSPS) is 10.7. The summed E-state index contributed by atoms with van der Waals surface area (Å²) >= 11 is 3.24. The van der Waals surface area contributed by atoms with Gasteiger partial charge in [-0.25, -0.2) is 4.98 Å². The zero-order valence-corrected chi connectivity index (χ0v) is 12.5. The maximum absolute atomic E-state index is 11.9. The summed E-state index contributed by atoms with van der Waals surface area (Å²) in [6.07, 6.45) is 0.884. The van der Waals surface area contributed by atoms with Gasteiger partial charge in [-0.2, -0.15) is 0 Å². The zero-order chi connectivity index (χ0) is 13.8. The Kier molecular flexibility index (Phi) is 4.50. The number of hydrogen-bond acceptors (Lipinski definition) is 3. The van der Waals surface area contributed by atoms with Gasteiger partial charge in [0.1, 0.15) is 10.3 Å². The van der Waals surface area contributed by atoms with E-state index in [1.807, 2.05) is 24.3 Å². The Balaban J connectivity index is 2.59. The molecular formula is C14H15BrN2O2. The summed E-state index contributed by atoms with van der Waals surface area (Å²) in [6, 6.07) is 7.91. The fraction of sp³-hybridized carbons (Fsp3) is 0.286. The van der Waals surface area contributed by atoms with Crippen molar-refractivity contribution in [3.8, 4) is 11.4 Å². The van der Waals surface area contributed by atoms with E-state index in [-0.39, 0.29) is 5.56 Å². The molecule has 0 aliphatic rings. The van der Waals surface area contributed by atoms with Crippen LogP contribution < -0.4 is 5.56 Å². The van der Waals surface area contributed by atoms with Crippen molar-refractivity contribution < 1.29 is 4.74 Å². The second kappa shape index (κ2) is 6.12. The van der Waals surface area contributed by atoms with Crippen LogP contribution in [0.2, 0.25) is 0 Å². The number of aromatic nitrogens is 2. The number of ether oxygens (including phenoxy) is 1. The van der Waals surface area contributed by atoms with Crippen LogP contribution >= 0.6 is 15.9 Å². The standard InChI is InChI=1S/C14H15BrN2O2/c1-3-9-6-4-5-7-10(9)13-16-11(8-19-2)12(15)14(18)17-13/h4-7H,3,8H2,1-2H3,(H,16,17,18). The molecule has 0 saturated carbocycles. The minimum atomic E-state index is -0.192. The van der Waals surface area contributed by atoms with E-state index in [9.17, 15) is 4.79 Å². The lowest BCUT2D eigenvalue weighted by Gasteiger charge is -2.09. The number of aromatic amines is 1. The largest absolute Gasteiger partial charge is 0.378 e. The van der Waals surface area contributed by atoms with Gasteiger partial charge in [-0.05, 0) is 27.9 Å². The highest BCUT2D eigenvalue weighted by molar-refractivity contribution is 9.10. The molecule has 0 unspecified atom stereocenters. The van der Waals surface area contributed by atoms with E-state index < -0.39 is 0 Å². The molecular weight excluding hydrogens is 308 g/mol. The molecule has 0 radical (unpaired) electrons. The third kappa shape index (κ3) is 2.93. The fourth-order valence-electron chi connectivity index (χ4n) is 1.92. The summed E-state index contributed by atoms with van der Waals surface area (Å²) in [7, 11) is 1.58. The molecule has 0 saturated heterocycles. The molecule has 1 N–H and O–H groups in total. The lowest BCUT2D eigenvalue weighted by atomic mass is 10.0. The molecule has 1 aromatic heterocycles.